The molecule has 0 amide bonds. The fraction of sp³-hybridized carbons (Fsp3) is 0.238. The Balaban J connectivity index is 1.95. The van der Waals surface area contributed by atoms with E-state index in [1.807, 2.05) is 19.9 Å². The average molecular weight is 450 g/mol. The van der Waals surface area contributed by atoms with Gasteiger partial charge in [0.2, 0.25) is 10.0 Å². The molecule has 1 heterocycles. The van der Waals surface area contributed by atoms with Gasteiger partial charge in [-0.05, 0) is 61.5 Å². The molecule has 0 fully saturated rings. The molecule has 1 N–H and O–H groups in total. The van der Waals surface area contributed by atoms with Crippen LogP contribution < -0.4 is 4.72 Å². The molecule has 0 bridgehead atoms. The zero-order valence-corrected chi connectivity index (χ0v) is 18.9. The Hall–Kier alpha value is -2.00. The third-order valence-electron chi connectivity index (χ3n) is 4.68. The van der Waals surface area contributed by atoms with Gasteiger partial charge in [0.15, 0.2) is 9.84 Å². The summed E-state index contributed by atoms with van der Waals surface area (Å²) in [4.78, 5) is 0.928. The summed E-state index contributed by atoms with van der Waals surface area (Å²) in [6.07, 6.45) is 0. The Labute approximate surface area is 176 Å². The first-order valence-electron chi connectivity index (χ1n) is 9.02. The van der Waals surface area contributed by atoms with E-state index in [9.17, 15) is 16.8 Å². The molecule has 3 aromatic rings. The van der Waals surface area contributed by atoms with Crippen molar-refractivity contribution in [1.29, 1.82) is 0 Å². The Morgan fingerprint density at radius 3 is 2.17 bits per heavy atom. The van der Waals surface area contributed by atoms with Crippen LogP contribution in [0.2, 0.25) is 0 Å². The van der Waals surface area contributed by atoms with E-state index in [0.717, 1.165) is 11.1 Å². The fourth-order valence-electron chi connectivity index (χ4n) is 2.99. The van der Waals surface area contributed by atoms with E-state index in [4.69, 9.17) is 0 Å². The lowest BCUT2D eigenvalue weighted by Crippen LogP contribution is -2.32. The van der Waals surface area contributed by atoms with E-state index in [1.165, 1.54) is 11.3 Å². The summed E-state index contributed by atoms with van der Waals surface area (Å²) < 4.78 is 54.9. The second-order valence-electron chi connectivity index (χ2n) is 6.98. The Kier molecular flexibility index (Phi) is 6.28. The first-order chi connectivity index (χ1) is 13.6. The SMILES string of the molecule is Cc1ccc(S(=O)(=O)[C@H](CNS(=O)(=O)c2cc(C)ccc2C)c2cccs2)cc1. The molecule has 0 spiro atoms. The lowest BCUT2D eigenvalue weighted by Gasteiger charge is -2.18. The molecule has 0 unspecified atom stereocenters. The number of nitrogens with one attached hydrogen (secondary N) is 1. The number of hydrogen-bond acceptors (Lipinski definition) is 5. The summed E-state index contributed by atoms with van der Waals surface area (Å²) in [5, 5.41) is 0.775. The molecule has 8 heteroatoms. The highest BCUT2D eigenvalue weighted by Crippen LogP contribution is 2.32. The van der Waals surface area contributed by atoms with Crippen molar-refractivity contribution in [3.8, 4) is 0 Å². The second-order valence-corrected chi connectivity index (χ2v) is 11.8. The number of hydrogen-bond donors (Lipinski definition) is 1. The van der Waals surface area contributed by atoms with Gasteiger partial charge in [0.25, 0.3) is 0 Å². The van der Waals surface area contributed by atoms with Crippen molar-refractivity contribution in [2.24, 2.45) is 0 Å². The van der Waals surface area contributed by atoms with Crippen molar-refractivity contribution < 1.29 is 16.8 Å². The molecule has 1 aromatic heterocycles. The molecule has 154 valence electrons. The van der Waals surface area contributed by atoms with Crippen LogP contribution in [0.15, 0.2) is 69.8 Å². The summed E-state index contributed by atoms with van der Waals surface area (Å²) in [7, 11) is -7.64. The van der Waals surface area contributed by atoms with E-state index >= 15 is 0 Å². The second kappa shape index (κ2) is 8.39. The Morgan fingerprint density at radius 2 is 1.55 bits per heavy atom. The molecule has 3 rings (SSSR count). The summed E-state index contributed by atoms with van der Waals surface area (Å²) in [5.74, 6) is 0. The van der Waals surface area contributed by atoms with E-state index in [0.29, 0.717) is 10.4 Å². The molecular formula is C21H23NO4S3. The van der Waals surface area contributed by atoms with Crippen LogP contribution in [0.5, 0.6) is 0 Å². The molecule has 5 nitrogen and oxygen atoms in total. The number of rotatable bonds is 7. The fourth-order valence-corrected chi connectivity index (χ4v) is 7.25. The standard InChI is InChI=1S/C21H23NO4S3/c1-15-7-10-18(11-8-15)28(23,24)21(19-5-4-12-27-19)14-22-29(25,26)20-13-16(2)6-9-17(20)3/h4-13,21-22H,14H2,1-3H3/t21-/m1/s1. The molecule has 29 heavy (non-hydrogen) atoms. The van der Waals surface area contributed by atoms with Gasteiger partial charge < -0.3 is 0 Å². The maximum Gasteiger partial charge on any atom is 0.240 e. The highest BCUT2D eigenvalue weighted by atomic mass is 32.2. The van der Waals surface area contributed by atoms with Gasteiger partial charge >= 0.3 is 0 Å². The number of sulfonamides is 1. The maximum atomic E-state index is 13.3. The van der Waals surface area contributed by atoms with Crippen LogP contribution in [-0.4, -0.2) is 23.4 Å². The molecule has 0 saturated heterocycles. The molecule has 0 aliphatic rings. The topological polar surface area (TPSA) is 80.3 Å². The van der Waals surface area contributed by atoms with Gasteiger partial charge in [0, 0.05) is 11.4 Å². The van der Waals surface area contributed by atoms with Crippen molar-refractivity contribution in [3.05, 3.63) is 81.5 Å². The molecule has 0 saturated carbocycles. The normalized spacial score (nSPS) is 13.3. The predicted molar refractivity (Wildman–Crippen MR) is 117 cm³/mol. The number of thiophene rings is 1. The molecule has 2 aromatic carbocycles. The monoisotopic (exact) mass is 449 g/mol. The first-order valence-corrected chi connectivity index (χ1v) is 12.9. The van der Waals surface area contributed by atoms with Crippen molar-refractivity contribution in [2.75, 3.05) is 6.54 Å². The van der Waals surface area contributed by atoms with Crippen LogP contribution in [0.3, 0.4) is 0 Å². The van der Waals surface area contributed by atoms with Crippen LogP contribution in [0.4, 0.5) is 0 Å². The van der Waals surface area contributed by atoms with Gasteiger partial charge in [-0.25, -0.2) is 21.6 Å². The number of aryl methyl sites for hydroxylation is 3. The molecule has 1 atom stereocenters. The Bertz CT molecular complexity index is 1200. The van der Waals surface area contributed by atoms with E-state index in [2.05, 4.69) is 4.72 Å². The highest BCUT2D eigenvalue weighted by molar-refractivity contribution is 7.92. The van der Waals surface area contributed by atoms with Gasteiger partial charge in [0.1, 0.15) is 5.25 Å². The third kappa shape index (κ3) is 4.78. The van der Waals surface area contributed by atoms with Crippen molar-refractivity contribution in [3.63, 3.8) is 0 Å². The van der Waals surface area contributed by atoms with E-state index in [1.54, 1.807) is 60.8 Å². The van der Waals surface area contributed by atoms with E-state index in [-0.39, 0.29) is 16.3 Å². The summed E-state index contributed by atoms with van der Waals surface area (Å²) in [6.45, 7) is 5.17. The lowest BCUT2D eigenvalue weighted by atomic mass is 10.2. The van der Waals surface area contributed by atoms with Crippen molar-refractivity contribution in [2.45, 2.75) is 35.8 Å². The molecule has 0 radical (unpaired) electrons. The minimum Gasteiger partial charge on any atom is -0.223 e. The maximum absolute atomic E-state index is 13.3. The first kappa shape index (κ1) is 21.7. The summed E-state index contributed by atoms with van der Waals surface area (Å²) >= 11 is 1.29. The summed E-state index contributed by atoms with van der Waals surface area (Å²) in [5.41, 5.74) is 2.38. The largest absolute Gasteiger partial charge is 0.240 e. The average Bonchev–Trinajstić information content (AvgIpc) is 3.18. The minimum absolute atomic E-state index is 0.162. The van der Waals surface area contributed by atoms with Crippen LogP contribution in [0.1, 0.15) is 26.8 Å². The van der Waals surface area contributed by atoms with Gasteiger partial charge in [-0.1, -0.05) is 35.9 Å². The minimum atomic E-state index is -3.86. The zero-order chi connectivity index (χ0) is 21.2. The van der Waals surface area contributed by atoms with Crippen LogP contribution >= 0.6 is 11.3 Å². The molecule has 0 aliphatic carbocycles. The molecule has 0 aliphatic heterocycles. The van der Waals surface area contributed by atoms with Crippen LogP contribution in [0, 0.1) is 20.8 Å². The highest BCUT2D eigenvalue weighted by Gasteiger charge is 2.31. The van der Waals surface area contributed by atoms with Crippen LogP contribution in [-0.2, 0) is 19.9 Å². The van der Waals surface area contributed by atoms with Gasteiger partial charge in [-0.3, -0.25) is 0 Å². The van der Waals surface area contributed by atoms with Gasteiger partial charge in [-0.15, -0.1) is 11.3 Å². The smallest absolute Gasteiger partial charge is 0.223 e. The lowest BCUT2D eigenvalue weighted by molar-refractivity contribution is 0.569. The van der Waals surface area contributed by atoms with Crippen LogP contribution in [0.25, 0.3) is 0 Å². The Morgan fingerprint density at radius 1 is 0.897 bits per heavy atom. The van der Waals surface area contributed by atoms with Gasteiger partial charge in [0.05, 0.1) is 9.79 Å². The molecular weight excluding hydrogens is 426 g/mol. The number of benzene rings is 2. The third-order valence-corrected chi connectivity index (χ3v) is 9.48. The predicted octanol–water partition coefficient (Wildman–Crippen LogP) is 4.17. The van der Waals surface area contributed by atoms with Crippen molar-refractivity contribution in [1.82, 2.24) is 4.72 Å². The zero-order valence-electron chi connectivity index (χ0n) is 16.4. The van der Waals surface area contributed by atoms with Crippen molar-refractivity contribution >= 4 is 31.2 Å². The quantitative estimate of drug-likeness (QED) is 0.587. The number of sulfone groups is 1. The summed E-state index contributed by atoms with van der Waals surface area (Å²) in [6, 6.07) is 15.2. The van der Waals surface area contributed by atoms with Gasteiger partial charge in [-0.2, -0.15) is 0 Å². The van der Waals surface area contributed by atoms with E-state index < -0.39 is 25.1 Å².